The molecule has 1 amide bonds. The smallest absolute Gasteiger partial charge is 0.338 e. The summed E-state index contributed by atoms with van der Waals surface area (Å²) in [5.74, 6) is -7.07. The maximum Gasteiger partial charge on any atom is 0.338 e. The lowest BCUT2D eigenvalue weighted by atomic mass is 9.44. The van der Waals surface area contributed by atoms with Gasteiger partial charge in [0.25, 0.3) is 5.91 Å². The summed E-state index contributed by atoms with van der Waals surface area (Å²) in [7, 11) is 0. The standard InChI is InChI=1S/C48H53NO13/c1-26-33(60-43(55)27(2)37(30-17-11-8-12-18-30)49-42(54)31-19-13-9-14-20-31)24-48(57)41(61-44(56)32-21-15-10-16-22-32)39-46(7,34(52)23-35-47(39,25-58-35)62-29(4)51)40(53)38(59-28(3)50)36(26)45(48,5)6/h8-22,27,33-35,37-39,41,52,57H,23-25H2,1-7H3,(H,49,54)/t27-,33+,34+,35-,37-,38-,39?,41?,46-,47+,48-/m1/s1. The van der Waals surface area contributed by atoms with Gasteiger partial charge in [-0.1, -0.05) is 80.6 Å². The molecule has 3 aromatic rings. The second-order valence-corrected chi connectivity index (χ2v) is 17.7. The Kier molecular flexibility index (Phi) is 11.8. The summed E-state index contributed by atoms with van der Waals surface area (Å²) in [4.78, 5) is 83.9. The number of ether oxygens (including phenoxy) is 5. The molecule has 2 unspecified atom stereocenters. The van der Waals surface area contributed by atoms with Crippen molar-refractivity contribution in [1.29, 1.82) is 0 Å². The van der Waals surface area contributed by atoms with Gasteiger partial charge in [0.15, 0.2) is 17.5 Å². The summed E-state index contributed by atoms with van der Waals surface area (Å²) in [5, 5.41) is 28.8. The maximum atomic E-state index is 15.5. The number of hydrogen-bond donors (Lipinski definition) is 3. The number of hydrogen-bond acceptors (Lipinski definition) is 13. The summed E-state index contributed by atoms with van der Waals surface area (Å²) in [6.07, 6.45) is -7.99. The Bertz CT molecular complexity index is 2280. The fourth-order valence-electron chi connectivity index (χ4n) is 10.4. The normalized spacial score (nSPS) is 31.9. The van der Waals surface area contributed by atoms with Gasteiger partial charge < -0.3 is 39.2 Å². The van der Waals surface area contributed by atoms with Crippen LogP contribution in [0, 0.1) is 22.7 Å². The molecule has 1 aliphatic heterocycles. The SMILES string of the molecule is CC(=O)O[C@H]1C(=O)[C@@]2(C)C(C(OC(=O)c3ccccc3)[C@]3(O)C[C@H](OC(=O)[C@H](C)[C@@H](NC(=O)c4ccccc4)c4ccccc4)C(C)=C1C3(C)C)[C@]1(OC(C)=O)CO[C@@H]1C[C@@H]2O. The van der Waals surface area contributed by atoms with Crippen LogP contribution < -0.4 is 5.32 Å². The van der Waals surface area contributed by atoms with E-state index in [1.54, 1.807) is 107 Å². The zero-order valence-electron chi connectivity index (χ0n) is 35.8. The number of carbonyl (C=O) groups is 6. The molecule has 0 aromatic heterocycles. The number of ketones is 1. The summed E-state index contributed by atoms with van der Waals surface area (Å²) in [6.45, 7) is 9.87. The number of amides is 1. The van der Waals surface area contributed by atoms with Gasteiger partial charge in [-0.15, -0.1) is 0 Å². The molecule has 3 aromatic carbocycles. The molecule has 4 aliphatic rings. The number of benzene rings is 3. The fourth-order valence-corrected chi connectivity index (χ4v) is 10.4. The minimum Gasteiger partial charge on any atom is -0.457 e. The third kappa shape index (κ3) is 7.31. The van der Waals surface area contributed by atoms with Crippen LogP contribution in [0.4, 0.5) is 0 Å². The van der Waals surface area contributed by atoms with E-state index in [1.807, 2.05) is 0 Å². The van der Waals surface area contributed by atoms with Crippen LogP contribution in [0.2, 0.25) is 0 Å². The van der Waals surface area contributed by atoms with Crippen molar-refractivity contribution in [2.24, 2.45) is 22.7 Å². The predicted octanol–water partition coefficient (Wildman–Crippen LogP) is 5.01. The van der Waals surface area contributed by atoms with E-state index in [-0.39, 0.29) is 29.7 Å². The van der Waals surface area contributed by atoms with Crippen molar-refractivity contribution >= 4 is 35.6 Å². The highest BCUT2D eigenvalue weighted by molar-refractivity contribution is 5.96. The molecule has 3 aliphatic carbocycles. The van der Waals surface area contributed by atoms with Crippen LogP contribution in [0.1, 0.15) is 93.6 Å². The van der Waals surface area contributed by atoms with Gasteiger partial charge >= 0.3 is 23.9 Å². The molecule has 14 heteroatoms. The van der Waals surface area contributed by atoms with Gasteiger partial charge in [-0.05, 0) is 61.7 Å². The summed E-state index contributed by atoms with van der Waals surface area (Å²) < 4.78 is 30.7. The van der Waals surface area contributed by atoms with Crippen LogP contribution >= 0.6 is 0 Å². The Hall–Kier alpha value is -5.70. The number of rotatable bonds is 10. The number of nitrogens with one attached hydrogen (secondary N) is 1. The molecule has 0 spiro atoms. The average molecular weight is 852 g/mol. The molecule has 7 rings (SSSR count). The second kappa shape index (κ2) is 16.5. The molecule has 1 saturated heterocycles. The lowest BCUT2D eigenvalue weighted by Crippen LogP contribution is -2.82. The molecule has 62 heavy (non-hydrogen) atoms. The van der Waals surface area contributed by atoms with Crippen LogP contribution in [0.3, 0.4) is 0 Å². The fraction of sp³-hybridized carbons (Fsp3) is 0.458. The van der Waals surface area contributed by atoms with E-state index in [4.69, 9.17) is 23.7 Å². The largest absolute Gasteiger partial charge is 0.457 e. The first-order valence-corrected chi connectivity index (χ1v) is 20.8. The molecule has 328 valence electrons. The number of carbonyl (C=O) groups excluding carboxylic acids is 6. The van der Waals surface area contributed by atoms with E-state index >= 15 is 4.79 Å². The second-order valence-electron chi connectivity index (χ2n) is 17.7. The van der Waals surface area contributed by atoms with Gasteiger partial charge in [-0.25, -0.2) is 4.79 Å². The van der Waals surface area contributed by atoms with Crippen molar-refractivity contribution in [3.05, 3.63) is 119 Å². The predicted molar refractivity (Wildman–Crippen MR) is 221 cm³/mol. The van der Waals surface area contributed by atoms with Gasteiger partial charge in [0.2, 0.25) is 0 Å². The molecular weight excluding hydrogens is 799 g/mol. The number of aliphatic hydroxyl groups excluding tert-OH is 1. The molecule has 2 saturated carbocycles. The first kappa shape index (κ1) is 44.4. The van der Waals surface area contributed by atoms with Crippen molar-refractivity contribution in [2.75, 3.05) is 6.61 Å². The number of fused-ring (bicyclic) bond motifs is 5. The quantitative estimate of drug-likeness (QED) is 0.140. The first-order chi connectivity index (χ1) is 29.3. The zero-order chi connectivity index (χ0) is 44.9. The van der Waals surface area contributed by atoms with Crippen LogP contribution in [-0.2, 0) is 42.9 Å². The molecule has 14 nitrogen and oxygen atoms in total. The van der Waals surface area contributed by atoms with Crippen LogP contribution in [0.25, 0.3) is 0 Å². The van der Waals surface area contributed by atoms with Crippen molar-refractivity contribution in [2.45, 2.75) is 109 Å². The Morgan fingerprint density at radius 3 is 1.95 bits per heavy atom. The van der Waals surface area contributed by atoms with E-state index < -0.39 is 112 Å². The van der Waals surface area contributed by atoms with Gasteiger partial charge in [0, 0.05) is 37.7 Å². The molecule has 3 fully saturated rings. The van der Waals surface area contributed by atoms with E-state index in [0.29, 0.717) is 11.1 Å². The summed E-state index contributed by atoms with van der Waals surface area (Å²) >= 11 is 0. The van der Waals surface area contributed by atoms with Crippen molar-refractivity contribution in [1.82, 2.24) is 5.32 Å². The minimum atomic E-state index is -2.31. The third-order valence-electron chi connectivity index (χ3n) is 13.8. The molecule has 2 bridgehead atoms. The van der Waals surface area contributed by atoms with E-state index in [1.165, 1.54) is 26.0 Å². The van der Waals surface area contributed by atoms with Crippen LogP contribution in [0.15, 0.2) is 102 Å². The molecule has 0 radical (unpaired) electrons. The highest BCUT2D eigenvalue weighted by Crippen LogP contribution is 2.64. The lowest BCUT2D eigenvalue weighted by Gasteiger charge is -2.67. The molecule has 3 N–H and O–H groups in total. The lowest BCUT2D eigenvalue weighted by molar-refractivity contribution is -0.346. The number of aliphatic hydroxyl groups is 2. The Morgan fingerprint density at radius 1 is 0.823 bits per heavy atom. The third-order valence-corrected chi connectivity index (χ3v) is 13.8. The van der Waals surface area contributed by atoms with Crippen LogP contribution in [0.5, 0.6) is 0 Å². The number of Topliss-reactive ketones (excluding diaryl/α,β-unsaturated/α-hetero) is 1. The first-order valence-electron chi connectivity index (χ1n) is 20.8. The van der Waals surface area contributed by atoms with Gasteiger partial charge in [0.05, 0.1) is 41.6 Å². The van der Waals surface area contributed by atoms with E-state index in [2.05, 4.69) is 5.32 Å². The Morgan fingerprint density at radius 2 is 1.40 bits per heavy atom. The van der Waals surface area contributed by atoms with Crippen molar-refractivity contribution in [3.8, 4) is 0 Å². The van der Waals surface area contributed by atoms with Gasteiger partial charge in [-0.3, -0.25) is 24.0 Å². The molecular formula is C48H53NO13. The Balaban J connectivity index is 1.39. The van der Waals surface area contributed by atoms with Crippen LogP contribution in [-0.4, -0.2) is 94.1 Å². The average Bonchev–Trinajstić information content (AvgIpc) is 3.24. The number of esters is 4. The highest BCUT2D eigenvalue weighted by Gasteiger charge is 2.78. The zero-order valence-corrected chi connectivity index (χ0v) is 35.8. The monoisotopic (exact) mass is 851 g/mol. The van der Waals surface area contributed by atoms with E-state index in [9.17, 15) is 34.2 Å². The highest BCUT2D eigenvalue weighted by atomic mass is 16.6. The van der Waals surface area contributed by atoms with Crippen molar-refractivity contribution < 1.29 is 62.7 Å². The minimum absolute atomic E-state index is 0.0787. The maximum absolute atomic E-state index is 15.5. The molecule has 1 heterocycles. The molecule has 11 atom stereocenters. The van der Waals surface area contributed by atoms with E-state index in [0.717, 1.165) is 6.92 Å². The van der Waals surface area contributed by atoms with Crippen molar-refractivity contribution in [3.63, 3.8) is 0 Å². The topological polar surface area (TPSA) is 201 Å². The van der Waals surface area contributed by atoms with Gasteiger partial charge in [0.1, 0.15) is 23.9 Å². The summed E-state index contributed by atoms with van der Waals surface area (Å²) in [5.41, 5.74) is -6.21. The van der Waals surface area contributed by atoms with Gasteiger partial charge in [-0.2, -0.15) is 0 Å². The summed E-state index contributed by atoms with van der Waals surface area (Å²) in [6, 6.07) is 24.5. The Labute approximate surface area is 359 Å².